The third-order valence-electron chi connectivity index (χ3n) is 8.75. The molecule has 8 rings (SSSR count). The van der Waals surface area contributed by atoms with Gasteiger partial charge in [0.15, 0.2) is 0 Å². The zero-order chi connectivity index (χ0) is 28.8. The van der Waals surface area contributed by atoms with Gasteiger partial charge in [0.1, 0.15) is 11.2 Å². The van der Waals surface area contributed by atoms with Crippen LogP contribution in [0, 0.1) is 5.92 Å². The number of rotatable bonds is 5. The summed E-state index contributed by atoms with van der Waals surface area (Å²) in [5, 5.41) is 4.78. The smallest absolute Gasteiger partial charge is 0.137 e. The maximum atomic E-state index is 6.37. The molecule has 0 radical (unpaired) electrons. The molecule has 7 aromatic rings. The summed E-state index contributed by atoms with van der Waals surface area (Å²) < 4.78 is 6.37. The molecule has 2 nitrogen and oxygen atoms in total. The Balaban J connectivity index is 1.43. The van der Waals surface area contributed by atoms with E-state index in [0.29, 0.717) is 5.92 Å². The summed E-state index contributed by atoms with van der Waals surface area (Å²) in [6.45, 7) is 2.30. The normalized spacial score (nSPS) is 16.3. The number of furan rings is 1. The SMILES string of the molecule is CC1C=CC=CC1N(c1ccccc1-c1cccc2cccc(-c3ccccc3)c12)c1cccc2oc3ccccc3c12. The van der Waals surface area contributed by atoms with Crippen molar-refractivity contribution in [2.24, 2.45) is 5.92 Å². The van der Waals surface area contributed by atoms with Gasteiger partial charge in [0, 0.05) is 16.6 Å². The van der Waals surface area contributed by atoms with E-state index >= 15 is 0 Å². The molecule has 0 N–H and O–H groups in total. The van der Waals surface area contributed by atoms with Crippen LogP contribution < -0.4 is 4.90 Å². The van der Waals surface area contributed by atoms with E-state index in [0.717, 1.165) is 27.6 Å². The van der Waals surface area contributed by atoms with Crippen LogP contribution in [0.3, 0.4) is 0 Å². The summed E-state index contributed by atoms with van der Waals surface area (Å²) in [4.78, 5) is 2.54. The fourth-order valence-electron chi connectivity index (χ4n) is 6.77. The molecule has 2 heteroatoms. The van der Waals surface area contributed by atoms with Crippen LogP contribution in [0.2, 0.25) is 0 Å². The molecule has 0 amide bonds. The molecular formula is C41H31NO. The van der Waals surface area contributed by atoms with Crippen LogP contribution in [-0.4, -0.2) is 6.04 Å². The molecule has 2 atom stereocenters. The van der Waals surface area contributed by atoms with E-state index in [1.54, 1.807) is 0 Å². The van der Waals surface area contributed by atoms with Crippen LogP contribution in [0.25, 0.3) is 55.0 Å². The molecule has 1 aliphatic carbocycles. The number of anilines is 2. The summed E-state index contributed by atoms with van der Waals surface area (Å²) >= 11 is 0. The molecule has 0 fully saturated rings. The molecule has 6 aromatic carbocycles. The molecule has 1 aromatic heterocycles. The minimum Gasteiger partial charge on any atom is -0.456 e. The van der Waals surface area contributed by atoms with Gasteiger partial charge in [-0.3, -0.25) is 0 Å². The Bertz CT molecular complexity index is 2160. The van der Waals surface area contributed by atoms with Crippen molar-refractivity contribution in [1.29, 1.82) is 0 Å². The summed E-state index contributed by atoms with van der Waals surface area (Å²) in [6, 6.07) is 47.9. The van der Waals surface area contributed by atoms with Crippen LogP contribution in [-0.2, 0) is 0 Å². The highest BCUT2D eigenvalue weighted by molar-refractivity contribution is 6.14. The monoisotopic (exact) mass is 553 g/mol. The molecule has 0 aliphatic heterocycles. The number of nitrogens with zero attached hydrogens (tertiary/aromatic N) is 1. The van der Waals surface area contributed by atoms with Crippen LogP contribution >= 0.6 is 0 Å². The molecule has 1 heterocycles. The zero-order valence-corrected chi connectivity index (χ0v) is 24.0. The van der Waals surface area contributed by atoms with Gasteiger partial charge in [0.2, 0.25) is 0 Å². The highest BCUT2D eigenvalue weighted by atomic mass is 16.3. The first-order chi connectivity index (χ1) is 21.3. The van der Waals surface area contributed by atoms with Gasteiger partial charge in [-0.2, -0.15) is 0 Å². The van der Waals surface area contributed by atoms with Crippen molar-refractivity contribution < 1.29 is 4.42 Å². The van der Waals surface area contributed by atoms with E-state index in [-0.39, 0.29) is 6.04 Å². The van der Waals surface area contributed by atoms with Crippen LogP contribution in [0.5, 0.6) is 0 Å². The van der Waals surface area contributed by atoms with Gasteiger partial charge in [-0.1, -0.05) is 140 Å². The highest BCUT2D eigenvalue weighted by Gasteiger charge is 2.29. The second-order valence-electron chi connectivity index (χ2n) is 11.3. The third-order valence-corrected chi connectivity index (χ3v) is 8.75. The number of hydrogen-bond donors (Lipinski definition) is 0. The fraction of sp³-hybridized carbons (Fsp3) is 0.0732. The third kappa shape index (κ3) is 4.26. The van der Waals surface area contributed by atoms with Crippen LogP contribution in [0.1, 0.15) is 6.92 Å². The minimum atomic E-state index is 0.119. The van der Waals surface area contributed by atoms with E-state index < -0.39 is 0 Å². The average Bonchev–Trinajstić information content (AvgIpc) is 3.45. The average molecular weight is 554 g/mol. The number of para-hydroxylation sites is 2. The lowest BCUT2D eigenvalue weighted by molar-refractivity contribution is 0.610. The summed E-state index contributed by atoms with van der Waals surface area (Å²) in [5.74, 6) is 0.305. The number of benzene rings is 6. The molecule has 0 saturated carbocycles. The topological polar surface area (TPSA) is 16.4 Å². The van der Waals surface area contributed by atoms with Crippen molar-refractivity contribution in [3.8, 4) is 22.3 Å². The van der Waals surface area contributed by atoms with Gasteiger partial charge in [-0.05, 0) is 57.6 Å². The lowest BCUT2D eigenvalue weighted by Crippen LogP contribution is -2.35. The second kappa shape index (κ2) is 10.5. The maximum absolute atomic E-state index is 6.37. The van der Waals surface area contributed by atoms with Gasteiger partial charge in [0.05, 0.1) is 17.1 Å². The Morgan fingerprint density at radius 2 is 1.16 bits per heavy atom. The van der Waals surface area contributed by atoms with Crippen LogP contribution in [0.4, 0.5) is 11.4 Å². The van der Waals surface area contributed by atoms with Crippen molar-refractivity contribution in [2.45, 2.75) is 13.0 Å². The van der Waals surface area contributed by atoms with Gasteiger partial charge < -0.3 is 9.32 Å². The van der Waals surface area contributed by atoms with Crippen molar-refractivity contribution in [1.82, 2.24) is 0 Å². The predicted octanol–water partition coefficient (Wildman–Crippen LogP) is 11.3. The Morgan fingerprint density at radius 1 is 0.512 bits per heavy atom. The molecule has 0 spiro atoms. The van der Waals surface area contributed by atoms with E-state index in [1.165, 1.54) is 38.7 Å². The predicted molar refractivity (Wildman–Crippen MR) is 182 cm³/mol. The van der Waals surface area contributed by atoms with Gasteiger partial charge in [-0.15, -0.1) is 0 Å². The quantitative estimate of drug-likeness (QED) is 0.211. The zero-order valence-electron chi connectivity index (χ0n) is 24.0. The van der Waals surface area contributed by atoms with Crippen molar-refractivity contribution in [3.63, 3.8) is 0 Å². The number of allylic oxidation sites excluding steroid dienone is 2. The standard InChI is InChI=1S/C41H31NO/c1-28-14-5-8-23-35(28)42(37-25-13-27-39-41(37)34-20-7-10-26-38(34)43-39)36-24-9-6-19-32(36)33-22-12-18-30-17-11-21-31(40(30)33)29-15-3-2-4-16-29/h2-28,35H,1H3. The second-order valence-corrected chi connectivity index (χ2v) is 11.3. The Kier molecular flexibility index (Phi) is 6.19. The first kappa shape index (κ1) is 25.4. The van der Waals surface area contributed by atoms with E-state index in [1.807, 2.05) is 6.07 Å². The maximum Gasteiger partial charge on any atom is 0.137 e. The summed E-state index contributed by atoms with van der Waals surface area (Å²) in [6.07, 6.45) is 8.98. The fourth-order valence-corrected chi connectivity index (χ4v) is 6.77. The Hall–Kier alpha value is -5.34. The molecular weight excluding hydrogens is 522 g/mol. The van der Waals surface area contributed by atoms with E-state index in [4.69, 9.17) is 4.42 Å². The molecule has 0 saturated heterocycles. The molecule has 43 heavy (non-hydrogen) atoms. The lowest BCUT2D eigenvalue weighted by atomic mass is 9.89. The minimum absolute atomic E-state index is 0.119. The van der Waals surface area contributed by atoms with Gasteiger partial charge in [0.25, 0.3) is 0 Å². The van der Waals surface area contributed by atoms with Crippen molar-refractivity contribution in [3.05, 3.63) is 158 Å². The lowest BCUT2D eigenvalue weighted by Gasteiger charge is -2.37. The molecule has 1 aliphatic rings. The van der Waals surface area contributed by atoms with Gasteiger partial charge >= 0.3 is 0 Å². The van der Waals surface area contributed by atoms with Gasteiger partial charge in [-0.25, -0.2) is 0 Å². The largest absolute Gasteiger partial charge is 0.456 e. The Morgan fingerprint density at radius 3 is 2.02 bits per heavy atom. The molecule has 2 unspecified atom stereocenters. The van der Waals surface area contributed by atoms with E-state index in [9.17, 15) is 0 Å². The molecule has 0 bridgehead atoms. The summed E-state index contributed by atoms with van der Waals surface area (Å²) in [5.41, 5.74) is 9.03. The first-order valence-corrected chi connectivity index (χ1v) is 15.0. The van der Waals surface area contributed by atoms with E-state index in [2.05, 4.69) is 164 Å². The summed E-state index contributed by atoms with van der Waals surface area (Å²) in [7, 11) is 0. The molecule has 206 valence electrons. The van der Waals surface area contributed by atoms with Crippen LogP contribution in [0.15, 0.2) is 162 Å². The number of fused-ring (bicyclic) bond motifs is 4. The van der Waals surface area contributed by atoms with Crippen molar-refractivity contribution >= 4 is 44.1 Å². The number of hydrogen-bond acceptors (Lipinski definition) is 2. The Labute approximate surface area is 251 Å². The van der Waals surface area contributed by atoms with Crippen molar-refractivity contribution in [2.75, 3.05) is 4.90 Å². The first-order valence-electron chi connectivity index (χ1n) is 15.0. The highest BCUT2D eigenvalue weighted by Crippen LogP contribution is 2.46.